The van der Waals surface area contributed by atoms with Gasteiger partial charge in [-0.25, -0.2) is 4.98 Å². The highest BCUT2D eigenvalue weighted by atomic mass is 35.5. The summed E-state index contributed by atoms with van der Waals surface area (Å²) in [7, 11) is 0. The van der Waals surface area contributed by atoms with E-state index in [0.717, 1.165) is 18.7 Å². The average Bonchev–Trinajstić information content (AvgIpc) is 3.48. The van der Waals surface area contributed by atoms with E-state index in [1.54, 1.807) is 11.4 Å². The van der Waals surface area contributed by atoms with Crippen LogP contribution in [0.15, 0.2) is 47.2 Å². The maximum absolute atomic E-state index is 12.6. The largest absolute Gasteiger partial charge is 0.379 e. The van der Waals surface area contributed by atoms with E-state index in [1.165, 1.54) is 22.7 Å². The van der Waals surface area contributed by atoms with Crippen molar-refractivity contribution in [3.05, 3.63) is 68.3 Å². The molecule has 0 radical (unpaired) electrons. The molecule has 2 N–H and O–H groups in total. The predicted octanol–water partition coefficient (Wildman–Crippen LogP) is 3.84. The van der Waals surface area contributed by atoms with Crippen molar-refractivity contribution < 1.29 is 14.3 Å². The molecule has 0 bridgehead atoms. The number of ether oxygens (including phenoxy) is 1. The van der Waals surface area contributed by atoms with Crippen molar-refractivity contribution in [1.82, 2.24) is 15.2 Å². The van der Waals surface area contributed by atoms with Gasteiger partial charge in [-0.2, -0.15) is 0 Å². The molecule has 1 aromatic carbocycles. The lowest BCUT2D eigenvalue weighted by molar-refractivity contribution is -0.120. The molecule has 168 valence electrons. The lowest BCUT2D eigenvalue weighted by Gasteiger charge is -2.35. The Morgan fingerprint density at radius 3 is 2.72 bits per heavy atom. The summed E-state index contributed by atoms with van der Waals surface area (Å²) in [6, 6.07) is 11.3. The fraction of sp³-hybridized carbons (Fsp3) is 0.318. The number of carbonyl (C=O) groups is 2. The summed E-state index contributed by atoms with van der Waals surface area (Å²) in [5.41, 5.74) is 1.61. The third-order valence-corrected chi connectivity index (χ3v) is 7.12. The van der Waals surface area contributed by atoms with E-state index in [1.807, 2.05) is 35.7 Å². The molecule has 0 saturated carbocycles. The minimum atomic E-state index is -0.196. The van der Waals surface area contributed by atoms with Gasteiger partial charge in [0.1, 0.15) is 0 Å². The number of hydrogen-bond acceptors (Lipinski definition) is 7. The molecule has 10 heteroatoms. The first-order valence-electron chi connectivity index (χ1n) is 10.2. The first-order chi connectivity index (χ1) is 15.6. The number of hydrogen-bond donors (Lipinski definition) is 2. The van der Waals surface area contributed by atoms with Gasteiger partial charge in [-0.1, -0.05) is 35.9 Å². The van der Waals surface area contributed by atoms with Gasteiger partial charge in [0.05, 0.1) is 36.2 Å². The first-order valence-corrected chi connectivity index (χ1v) is 12.4. The fourth-order valence-corrected chi connectivity index (χ4v) is 5.11. The summed E-state index contributed by atoms with van der Waals surface area (Å²) >= 11 is 9.12. The molecule has 1 aliphatic heterocycles. The van der Waals surface area contributed by atoms with Crippen molar-refractivity contribution in [2.45, 2.75) is 12.5 Å². The van der Waals surface area contributed by atoms with Gasteiger partial charge in [0.2, 0.25) is 5.91 Å². The van der Waals surface area contributed by atoms with Crippen molar-refractivity contribution in [2.75, 3.05) is 38.2 Å². The van der Waals surface area contributed by atoms with Crippen molar-refractivity contribution in [1.29, 1.82) is 0 Å². The number of halogens is 1. The molecule has 1 aliphatic rings. The normalized spacial score (nSPS) is 15.3. The molecule has 1 saturated heterocycles. The Balaban J connectivity index is 1.35. The number of nitrogens with one attached hydrogen (secondary N) is 2. The van der Waals surface area contributed by atoms with Gasteiger partial charge in [-0.05, 0) is 23.1 Å². The predicted molar refractivity (Wildman–Crippen MR) is 128 cm³/mol. The second-order valence-corrected chi connectivity index (χ2v) is 9.45. The molecular weight excluding hydrogens is 468 g/mol. The van der Waals surface area contributed by atoms with Crippen molar-refractivity contribution in [3.8, 4) is 0 Å². The number of thiophene rings is 1. The minimum absolute atomic E-state index is 0.0346. The molecule has 2 amide bonds. The smallest absolute Gasteiger partial charge is 0.267 e. The quantitative estimate of drug-likeness (QED) is 0.501. The van der Waals surface area contributed by atoms with E-state index in [9.17, 15) is 9.59 Å². The van der Waals surface area contributed by atoms with E-state index < -0.39 is 0 Å². The Kier molecular flexibility index (Phi) is 7.88. The molecule has 3 aromatic rings. The molecule has 0 spiro atoms. The Morgan fingerprint density at radius 1 is 1.16 bits per heavy atom. The zero-order valence-electron chi connectivity index (χ0n) is 17.3. The molecule has 0 aliphatic carbocycles. The van der Waals surface area contributed by atoms with Crippen molar-refractivity contribution in [3.63, 3.8) is 0 Å². The molecule has 3 heterocycles. The standard InChI is InChI=1S/C22H23ClN4O3S2/c23-17-5-2-1-4-16(17)18(27-7-9-30-10-8-27)13-24-20(28)12-15-14-32-22(25-15)26-21(29)19-6-3-11-31-19/h1-6,11,14,18H,7-10,12-13H2,(H,24,28)(H,25,26,29). The van der Waals surface area contributed by atoms with Gasteiger partial charge in [0.25, 0.3) is 5.91 Å². The van der Waals surface area contributed by atoms with Gasteiger partial charge in [0.15, 0.2) is 5.13 Å². The van der Waals surface area contributed by atoms with Gasteiger partial charge in [-0.3, -0.25) is 19.8 Å². The summed E-state index contributed by atoms with van der Waals surface area (Å²) in [6.07, 6.45) is 0.143. The summed E-state index contributed by atoms with van der Waals surface area (Å²) in [4.78, 5) is 32.1. The second-order valence-electron chi connectivity index (χ2n) is 7.24. The van der Waals surface area contributed by atoms with Crippen LogP contribution < -0.4 is 10.6 Å². The average molecular weight is 491 g/mol. The summed E-state index contributed by atoms with van der Waals surface area (Å²) in [6.45, 7) is 3.33. The first kappa shape index (κ1) is 22.9. The van der Waals surface area contributed by atoms with Crippen LogP contribution in [0, 0.1) is 0 Å². The van der Waals surface area contributed by atoms with Crippen LogP contribution in [0.3, 0.4) is 0 Å². The van der Waals surface area contributed by atoms with Crippen LogP contribution in [0.5, 0.6) is 0 Å². The van der Waals surface area contributed by atoms with Gasteiger partial charge < -0.3 is 10.1 Å². The Bertz CT molecular complexity index is 1050. The third kappa shape index (κ3) is 5.93. The molecule has 32 heavy (non-hydrogen) atoms. The minimum Gasteiger partial charge on any atom is -0.379 e. The van der Waals surface area contributed by atoms with Crippen LogP contribution in [-0.4, -0.2) is 54.5 Å². The molecule has 7 nitrogen and oxygen atoms in total. The maximum atomic E-state index is 12.6. The van der Waals surface area contributed by atoms with E-state index in [0.29, 0.717) is 40.5 Å². The lowest BCUT2D eigenvalue weighted by Crippen LogP contribution is -2.44. The summed E-state index contributed by atoms with van der Waals surface area (Å²) < 4.78 is 5.48. The van der Waals surface area contributed by atoms with Crippen LogP contribution in [0.4, 0.5) is 5.13 Å². The zero-order valence-corrected chi connectivity index (χ0v) is 19.6. The maximum Gasteiger partial charge on any atom is 0.267 e. The van der Waals surface area contributed by atoms with Crippen molar-refractivity contribution in [2.24, 2.45) is 0 Å². The monoisotopic (exact) mass is 490 g/mol. The SMILES string of the molecule is O=C(Cc1csc(NC(=O)c2cccs2)n1)NCC(c1ccccc1Cl)N1CCOCC1. The highest BCUT2D eigenvalue weighted by Gasteiger charge is 2.25. The van der Waals surface area contributed by atoms with Crippen LogP contribution in [0.2, 0.25) is 5.02 Å². The fourth-order valence-electron chi connectivity index (χ4n) is 3.52. The number of amides is 2. The third-order valence-electron chi connectivity index (χ3n) is 5.10. The van der Waals surface area contributed by atoms with Gasteiger partial charge in [-0.15, -0.1) is 22.7 Å². The molecule has 1 fully saturated rings. The highest BCUT2D eigenvalue weighted by Crippen LogP contribution is 2.28. The topological polar surface area (TPSA) is 83.6 Å². The van der Waals surface area contributed by atoms with Gasteiger partial charge >= 0.3 is 0 Å². The number of rotatable bonds is 8. The highest BCUT2D eigenvalue weighted by molar-refractivity contribution is 7.14. The number of thiazole rings is 1. The molecule has 2 aromatic heterocycles. The molecule has 1 atom stereocenters. The number of anilines is 1. The van der Waals surface area contributed by atoms with E-state index >= 15 is 0 Å². The Labute approximate surface area is 199 Å². The zero-order chi connectivity index (χ0) is 22.3. The van der Waals surface area contributed by atoms with E-state index in [4.69, 9.17) is 16.3 Å². The van der Waals surface area contributed by atoms with Crippen LogP contribution >= 0.6 is 34.3 Å². The van der Waals surface area contributed by atoms with Crippen LogP contribution in [-0.2, 0) is 16.0 Å². The van der Waals surface area contributed by atoms with Crippen molar-refractivity contribution >= 4 is 51.2 Å². The van der Waals surface area contributed by atoms with Crippen LogP contribution in [0.25, 0.3) is 0 Å². The Morgan fingerprint density at radius 2 is 1.97 bits per heavy atom. The molecule has 1 unspecified atom stereocenters. The molecular formula is C22H23ClN4O3S2. The van der Waals surface area contributed by atoms with Gasteiger partial charge in [0, 0.05) is 30.0 Å². The van der Waals surface area contributed by atoms with E-state index in [-0.39, 0.29) is 24.3 Å². The number of carbonyl (C=O) groups excluding carboxylic acids is 2. The second kappa shape index (κ2) is 11.0. The number of aromatic nitrogens is 1. The number of nitrogens with zero attached hydrogens (tertiary/aromatic N) is 2. The Hall–Kier alpha value is -2.30. The van der Waals surface area contributed by atoms with Crippen LogP contribution in [0.1, 0.15) is 27.0 Å². The lowest BCUT2D eigenvalue weighted by atomic mass is 10.0. The summed E-state index contributed by atoms with van der Waals surface area (Å²) in [5.74, 6) is -0.324. The van der Waals surface area contributed by atoms with E-state index in [2.05, 4.69) is 20.5 Å². The summed E-state index contributed by atoms with van der Waals surface area (Å²) in [5, 5.41) is 10.6. The molecule has 4 rings (SSSR count). The number of morpholine rings is 1. The number of benzene rings is 1.